The molecule has 8 nitrogen and oxygen atoms in total. The summed E-state index contributed by atoms with van der Waals surface area (Å²) in [6, 6.07) is 0. The molecular formula is C12H18N6O2. The van der Waals surface area contributed by atoms with Crippen LogP contribution in [0.15, 0.2) is 6.33 Å². The van der Waals surface area contributed by atoms with E-state index in [-0.39, 0.29) is 17.3 Å². The zero-order valence-electron chi connectivity index (χ0n) is 11.1. The van der Waals surface area contributed by atoms with Gasteiger partial charge in [-0.1, -0.05) is 0 Å². The maximum atomic E-state index is 11.1. The van der Waals surface area contributed by atoms with Crippen LogP contribution in [0.25, 0.3) is 0 Å². The van der Waals surface area contributed by atoms with Crippen LogP contribution in [0.3, 0.4) is 0 Å². The van der Waals surface area contributed by atoms with Gasteiger partial charge in [-0.15, -0.1) is 0 Å². The van der Waals surface area contributed by atoms with E-state index < -0.39 is 4.92 Å². The molecule has 0 aromatic carbocycles. The van der Waals surface area contributed by atoms with Gasteiger partial charge in [0.2, 0.25) is 11.6 Å². The van der Waals surface area contributed by atoms with E-state index in [9.17, 15) is 10.1 Å². The molecule has 8 heteroatoms. The van der Waals surface area contributed by atoms with Crippen molar-refractivity contribution in [2.75, 3.05) is 17.3 Å². The summed E-state index contributed by atoms with van der Waals surface area (Å²) in [5.41, 5.74) is 2.05. The van der Waals surface area contributed by atoms with Crippen LogP contribution in [0.2, 0.25) is 0 Å². The van der Waals surface area contributed by atoms with Gasteiger partial charge >= 0.3 is 5.69 Å². The van der Waals surface area contributed by atoms with Gasteiger partial charge in [0, 0.05) is 6.54 Å². The van der Waals surface area contributed by atoms with E-state index in [2.05, 4.69) is 20.7 Å². The first-order valence-electron chi connectivity index (χ1n) is 6.90. The Bertz CT molecular complexity index is 503. The van der Waals surface area contributed by atoms with Crippen molar-refractivity contribution < 1.29 is 4.92 Å². The summed E-state index contributed by atoms with van der Waals surface area (Å²) in [5.74, 6) is 7.70. The summed E-state index contributed by atoms with van der Waals surface area (Å²) in [7, 11) is 0. The highest BCUT2D eigenvalue weighted by molar-refractivity contribution is 5.68. The van der Waals surface area contributed by atoms with Gasteiger partial charge in [0.05, 0.1) is 4.92 Å². The quantitative estimate of drug-likeness (QED) is 0.393. The fourth-order valence-corrected chi connectivity index (χ4v) is 2.77. The summed E-state index contributed by atoms with van der Waals surface area (Å²) in [5, 5.41) is 14.3. The molecule has 0 spiro atoms. The number of nitrogens with one attached hydrogen (secondary N) is 2. The number of aromatic nitrogens is 2. The average molecular weight is 278 g/mol. The summed E-state index contributed by atoms with van der Waals surface area (Å²) in [4.78, 5) is 18.4. The largest absolute Gasteiger partial charge is 0.364 e. The number of hydrogen-bond donors (Lipinski definition) is 3. The van der Waals surface area contributed by atoms with Crippen LogP contribution >= 0.6 is 0 Å². The van der Waals surface area contributed by atoms with E-state index in [4.69, 9.17) is 5.84 Å². The van der Waals surface area contributed by atoms with Gasteiger partial charge < -0.3 is 10.7 Å². The van der Waals surface area contributed by atoms with Gasteiger partial charge in [0.15, 0.2) is 0 Å². The maximum absolute atomic E-state index is 11.1. The lowest BCUT2D eigenvalue weighted by molar-refractivity contribution is -0.383. The molecule has 0 unspecified atom stereocenters. The van der Waals surface area contributed by atoms with Gasteiger partial charge in [-0.3, -0.25) is 10.1 Å². The smallest absolute Gasteiger partial charge is 0.354 e. The summed E-state index contributed by atoms with van der Waals surface area (Å²) in [6.07, 6.45) is 6.40. The molecule has 0 amide bonds. The molecule has 2 saturated carbocycles. The highest BCUT2D eigenvalue weighted by Crippen LogP contribution is 2.49. The van der Waals surface area contributed by atoms with Crippen LogP contribution in [-0.2, 0) is 0 Å². The normalized spacial score (nSPS) is 18.1. The van der Waals surface area contributed by atoms with Crippen LogP contribution in [0.4, 0.5) is 17.3 Å². The molecule has 0 aliphatic heterocycles. The van der Waals surface area contributed by atoms with Gasteiger partial charge in [-0.05, 0) is 43.4 Å². The minimum absolute atomic E-state index is 0.0295. The topological polar surface area (TPSA) is 119 Å². The predicted octanol–water partition coefficient (Wildman–Crippen LogP) is 1.52. The van der Waals surface area contributed by atoms with Crippen LogP contribution in [-0.4, -0.2) is 21.4 Å². The van der Waals surface area contributed by atoms with Crippen LogP contribution in [0.5, 0.6) is 0 Å². The number of anilines is 2. The van der Waals surface area contributed by atoms with E-state index in [0.717, 1.165) is 18.4 Å². The van der Waals surface area contributed by atoms with Crippen molar-refractivity contribution in [1.82, 2.24) is 9.97 Å². The van der Waals surface area contributed by atoms with Crippen LogP contribution < -0.4 is 16.6 Å². The second kappa shape index (κ2) is 5.20. The first-order chi connectivity index (χ1) is 9.70. The Kier molecular flexibility index (Phi) is 3.39. The molecule has 1 aromatic rings. The predicted molar refractivity (Wildman–Crippen MR) is 73.9 cm³/mol. The van der Waals surface area contributed by atoms with Crippen molar-refractivity contribution in [1.29, 1.82) is 0 Å². The molecule has 20 heavy (non-hydrogen) atoms. The molecular weight excluding hydrogens is 260 g/mol. The van der Waals surface area contributed by atoms with Crippen molar-refractivity contribution in [3.05, 3.63) is 16.4 Å². The van der Waals surface area contributed by atoms with Crippen LogP contribution in [0, 0.1) is 27.9 Å². The Morgan fingerprint density at radius 2 is 1.90 bits per heavy atom. The molecule has 0 saturated heterocycles. The second-order valence-corrected chi connectivity index (χ2v) is 5.54. The number of nitro groups is 1. The maximum Gasteiger partial charge on any atom is 0.354 e. The van der Waals surface area contributed by atoms with Gasteiger partial charge in [0.1, 0.15) is 6.33 Å². The van der Waals surface area contributed by atoms with Crippen molar-refractivity contribution in [3.63, 3.8) is 0 Å². The molecule has 0 radical (unpaired) electrons. The molecule has 1 aromatic heterocycles. The minimum Gasteiger partial charge on any atom is -0.364 e. The molecule has 2 aliphatic carbocycles. The lowest BCUT2D eigenvalue weighted by atomic mass is 9.98. The van der Waals surface area contributed by atoms with Crippen molar-refractivity contribution in [2.45, 2.75) is 25.7 Å². The Morgan fingerprint density at radius 3 is 2.40 bits per heavy atom. The third-order valence-electron chi connectivity index (χ3n) is 4.10. The van der Waals surface area contributed by atoms with Gasteiger partial charge in [-0.2, -0.15) is 0 Å². The highest BCUT2D eigenvalue weighted by Gasteiger charge is 2.41. The fraction of sp³-hybridized carbons (Fsp3) is 0.667. The molecule has 2 fully saturated rings. The van der Waals surface area contributed by atoms with E-state index in [1.165, 1.54) is 32.0 Å². The Morgan fingerprint density at radius 1 is 1.30 bits per heavy atom. The summed E-state index contributed by atoms with van der Waals surface area (Å²) < 4.78 is 0. The summed E-state index contributed by atoms with van der Waals surface area (Å²) in [6.45, 7) is 0.733. The molecule has 2 aliphatic rings. The number of nitrogens with zero attached hydrogens (tertiary/aromatic N) is 3. The highest BCUT2D eigenvalue weighted by atomic mass is 16.6. The van der Waals surface area contributed by atoms with Crippen molar-refractivity contribution in [3.8, 4) is 0 Å². The molecule has 0 bridgehead atoms. The fourth-order valence-electron chi connectivity index (χ4n) is 2.77. The Balaban J connectivity index is 1.74. The van der Waals surface area contributed by atoms with Gasteiger partial charge in [-0.25, -0.2) is 15.8 Å². The third kappa shape index (κ3) is 2.64. The Hall–Kier alpha value is -1.96. The Labute approximate surface area is 116 Å². The first-order valence-corrected chi connectivity index (χ1v) is 6.90. The van der Waals surface area contributed by atoms with Gasteiger partial charge in [0.25, 0.3) is 0 Å². The number of nitrogen functional groups attached to an aromatic ring is 1. The van der Waals surface area contributed by atoms with Crippen molar-refractivity contribution >= 4 is 17.3 Å². The molecule has 108 valence electrons. The van der Waals surface area contributed by atoms with Crippen molar-refractivity contribution in [2.24, 2.45) is 23.6 Å². The minimum atomic E-state index is -0.513. The zero-order valence-corrected chi connectivity index (χ0v) is 11.1. The molecule has 4 N–H and O–H groups in total. The lowest BCUT2D eigenvalue weighted by Gasteiger charge is -2.16. The first kappa shape index (κ1) is 13.0. The molecule has 3 rings (SSSR count). The van der Waals surface area contributed by atoms with E-state index in [0.29, 0.717) is 5.92 Å². The monoisotopic (exact) mass is 278 g/mol. The van der Waals surface area contributed by atoms with E-state index in [1.807, 2.05) is 0 Å². The second-order valence-electron chi connectivity index (χ2n) is 5.54. The standard InChI is InChI=1S/C12H18N6O2/c13-17-12-10(18(19)20)11(15-6-16-12)14-5-9(7-1-2-7)8-3-4-8/h6-9H,1-5,13H2,(H2,14,15,16,17). The third-order valence-corrected chi connectivity index (χ3v) is 4.10. The average Bonchev–Trinajstić information content (AvgIpc) is 3.31. The number of hydrazine groups is 1. The van der Waals surface area contributed by atoms with E-state index >= 15 is 0 Å². The summed E-state index contributed by atoms with van der Waals surface area (Å²) >= 11 is 0. The molecule has 1 heterocycles. The number of nitrogens with two attached hydrogens (primary N) is 1. The SMILES string of the molecule is NNc1ncnc(NCC(C2CC2)C2CC2)c1[N+](=O)[O-]. The number of rotatable bonds is 7. The zero-order chi connectivity index (χ0) is 14.1. The van der Waals surface area contributed by atoms with E-state index in [1.54, 1.807) is 0 Å². The van der Waals surface area contributed by atoms with Crippen LogP contribution in [0.1, 0.15) is 25.7 Å². The number of hydrogen-bond acceptors (Lipinski definition) is 7. The lowest BCUT2D eigenvalue weighted by Crippen LogP contribution is -2.20. The molecule has 0 atom stereocenters.